The topological polar surface area (TPSA) is 118 Å². The molecule has 0 radical (unpaired) electrons. The van der Waals surface area contributed by atoms with Crippen LogP contribution in [0.2, 0.25) is 0 Å². The van der Waals surface area contributed by atoms with E-state index in [4.69, 9.17) is 15.0 Å². The van der Waals surface area contributed by atoms with Crippen LogP contribution in [0.25, 0.3) is 11.5 Å². The lowest BCUT2D eigenvalue weighted by atomic mass is 10.2. The van der Waals surface area contributed by atoms with Crippen molar-refractivity contribution < 1.29 is 9.26 Å². The van der Waals surface area contributed by atoms with Crippen molar-refractivity contribution in [2.75, 3.05) is 7.11 Å². The number of hydrogen-bond acceptors (Lipinski definition) is 8. The lowest BCUT2D eigenvalue weighted by molar-refractivity contribution is 0.367. The first kappa shape index (κ1) is 13.2. The lowest BCUT2D eigenvalue weighted by Gasteiger charge is -2.01. The van der Waals surface area contributed by atoms with Gasteiger partial charge in [0.15, 0.2) is 0 Å². The van der Waals surface area contributed by atoms with Gasteiger partial charge in [-0.15, -0.1) is 10.2 Å². The summed E-state index contributed by atoms with van der Waals surface area (Å²) in [5.74, 6) is 1.02. The fourth-order valence-corrected chi connectivity index (χ4v) is 1.76. The van der Waals surface area contributed by atoms with E-state index in [1.54, 1.807) is 29.2 Å². The number of nitrogens with two attached hydrogens (primary N) is 1. The molecule has 21 heavy (non-hydrogen) atoms. The molecule has 9 heteroatoms. The molecule has 0 saturated carbocycles. The van der Waals surface area contributed by atoms with E-state index < -0.39 is 6.04 Å². The van der Waals surface area contributed by atoms with E-state index in [1.165, 1.54) is 7.11 Å². The standard InChI is InChI=1S/C12H13N7O2/c1-19-6-7(5-14-19)10(13)12-15-11(18-21-12)8-3-4-9(20-2)17-16-8/h3-6,10H,13H2,1-2H3. The summed E-state index contributed by atoms with van der Waals surface area (Å²) in [6.07, 6.45) is 3.45. The van der Waals surface area contributed by atoms with Gasteiger partial charge in [0.25, 0.3) is 0 Å². The Hall–Kier alpha value is -2.81. The summed E-state index contributed by atoms with van der Waals surface area (Å²) in [5.41, 5.74) is 7.32. The summed E-state index contributed by atoms with van der Waals surface area (Å²) >= 11 is 0. The number of aromatic nitrogens is 6. The van der Waals surface area contributed by atoms with Crippen LogP contribution in [-0.2, 0) is 7.05 Å². The summed E-state index contributed by atoms with van der Waals surface area (Å²) < 4.78 is 11.8. The highest BCUT2D eigenvalue weighted by atomic mass is 16.5. The first-order valence-corrected chi connectivity index (χ1v) is 6.13. The normalized spacial score (nSPS) is 12.3. The summed E-state index contributed by atoms with van der Waals surface area (Å²) in [4.78, 5) is 4.24. The minimum absolute atomic E-state index is 0.288. The molecule has 0 spiro atoms. The van der Waals surface area contributed by atoms with Gasteiger partial charge in [-0.25, -0.2) is 0 Å². The van der Waals surface area contributed by atoms with Crippen LogP contribution in [0.15, 0.2) is 29.0 Å². The second-order valence-electron chi connectivity index (χ2n) is 4.34. The molecular formula is C12H13N7O2. The minimum atomic E-state index is -0.536. The highest BCUT2D eigenvalue weighted by molar-refractivity contribution is 5.47. The first-order chi connectivity index (χ1) is 10.2. The lowest BCUT2D eigenvalue weighted by Crippen LogP contribution is -2.11. The van der Waals surface area contributed by atoms with Gasteiger partial charge in [-0.3, -0.25) is 4.68 Å². The zero-order valence-electron chi connectivity index (χ0n) is 11.5. The Morgan fingerprint density at radius 1 is 1.33 bits per heavy atom. The number of ether oxygens (including phenoxy) is 1. The van der Waals surface area contributed by atoms with Crippen LogP contribution in [0.5, 0.6) is 5.88 Å². The van der Waals surface area contributed by atoms with E-state index in [0.29, 0.717) is 17.4 Å². The summed E-state index contributed by atoms with van der Waals surface area (Å²) in [6.45, 7) is 0. The van der Waals surface area contributed by atoms with E-state index in [-0.39, 0.29) is 5.89 Å². The second kappa shape index (κ2) is 5.29. The summed E-state index contributed by atoms with van der Waals surface area (Å²) in [7, 11) is 3.32. The van der Waals surface area contributed by atoms with Gasteiger partial charge in [-0.05, 0) is 6.07 Å². The molecular weight excluding hydrogens is 274 g/mol. The van der Waals surface area contributed by atoms with Crippen molar-refractivity contribution in [2.45, 2.75) is 6.04 Å². The third-order valence-electron chi connectivity index (χ3n) is 2.87. The maximum absolute atomic E-state index is 6.06. The van der Waals surface area contributed by atoms with Crippen LogP contribution >= 0.6 is 0 Å². The van der Waals surface area contributed by atoms with Gasteiger partial charge in [0.1, 0.15) is 11.7 Å². The largest absolute Gasteiger partial charge is 0.480 e. The summed E-state index contributed by atoms with van der Waals surface area (Å²) in [6, 6.07) is 2.82. The fourth-order valence-electron chi connectivity index (χ4n) is 1.76. The predicted molar refractivity (Wildman–Crippen MR) is 71.1 cm³/mol. The van der Waals surface area contributed by atoms with Crippen LogP contribution in [0.1, 0.15) is 17.5 Å². The fraction of sp³-hybridized carbons (Fsp3) is 0.250. The Bertz CT molecular complexity index is 734. The quantitative estimate of drug-likeness (QED) is 0.728. The van der Waals surface area contributed by atoms with Crippen LogP contribution in [-0.4, -0.2) is 37.2 Å². The number of aryl methyl sites for hydroxylation is 1. The Balaban J connectivity index is 1.85. The molecule has 1 unspecified atom stereocenters. The third-order valence-corrected chi connectivity index (χ3v) is 2.87. The van der Waals surface area contributed by atoms with Crippen molar-refractivity contribution in [3.63, 3.8) is 0 Å². The molecule has 0 saturated heterocycles. The van der Waals surface area contributed by atoms with Gasteiger partial charge in [0.05, 0.1) is 13.3 Å². The van der Waals surface area contributed by atoms with E-state index in [9.17, 15) is 0 Å². The Labute approximate surface area is 119 Å². The number of methoxy groups -OCH3 is 1. The number of rotatable bonds is 4. The smallest absolute Gasteiger partial charge is 0.248 e. The molecule has 1 atom stereocenters. The molecule has 0 aliphatic rings. The van der Waals surface area contributed by atoms with Crippen molar-refractivity contribution in [2.24, 2.45) is 12.8 Å². The molecule has 3 heterocycles. The molecule has 0 aliphatic heterocycles. The van der Waals surface area contributed by atoms with E-state index in [0.717, 1.165) is 5.56 Å². The predicted octanol–water partition coefficient (Wildman–Crippen LogP) is 0.317. The molecule has 0 fully saturated rings. The Morgan fingerprint density at radius 2 is 2.19 bits per heavy atom. The van der Waals surface area contributed by atoms with E-state index >= 15 is 0 Å². The number of hydrogen-bond donors (Lipinski definition) is 1. The maximum atomic E-state index is 6.06. The monoisotopic (exact) mass is 287 g/mol. The van der Waals surface area contributed by atoms with Crippen LogP contribution < -0.4 is 10.5 Å². The maximum Gasteiger partial charge on any atom is 0.248 e. The zero-order chi connectivity index (χ0) is 14.8. The van der Waals surface area contributed by atoms with Crippen molar-refractivity contribution in [3.8, 4) is 17.4 Å². The van der Waals surface area contributed by atoms with Gasteiger partial charge in [0.2, 0.25) is 17.6 Å². The highest BCUT2D eigenvalue weighted by Gasteiger charge is 2.19. The molecule has 2 N–H and O–H groups in total. The van der Waals surface area contributed by atoms with Gasteiger partial charge >= 0.3 is 0 Å². The molecule has 0 aliphatic carbocycles. The van der Waals surface area contributed by atoms with Crippen LogP contribution in [0.3, 0.4) is 0 Å². The summed E-state index contributed by atoms with van der Waals surface area (Å²) in [5, 5.41) is 15.7. The molecule has 3 rings (SSSR count). The molecule has 3 aromatic rings. The van der Waals surface area contributed by atoms with E-state index in [2.05, 4.69) is 25.4 Å². The van der Waals surface area contributed by atoms with Gasteiger partial charge in [0, 0.05) is 24.9 Å². The van der Waals surface area contributed by atoms with Crippen molar-refractivity contribution in [1.29, 1.82) is 0 Å². The third kappa shape index (κ3) is 2.58. The van der Waals surface area contributed by atoms with Crippen LogP contribution in [0.4, 0.5) is 0 Å². The van der Waals surface area contributed by atoms with Crippen molar-refractivity contribution in [3.05, 3.63) is 36.0 Å². The average Bonchev–Trinajstić information content (AvgIpc) is 3.16. The molecule has 0 bridgehead atoms. The van der Waals surface area contributed by atoms with Gasteiger partial charge in [-0.2, -0.15) is 10.1 Å². The molecule has 9 nitrogen and oxygen atoms in total. The highest BCUT2D eigenvalue weighted by Crippen LogP contribution is 2.20. The van der Waals surface area contributed by atoms with Gasteiger partial charge < -0.3 is 15.0 Å². The van der Waals surface area contributed by atoms with Crippen molar-refractivity contribution in [1.82, 2.24) is 30.1 Å². The SMILES string of the molecule is COc1ccc(-c2noc(C(N)c3cnn(C)c3)n2)nn1. The number of nitrogens with zero attached hydrogens (tertiary/aromatic N) is 6. The molecule has 108 valence electrons. The molecule has 0 amide bonds. The Morgan fingerprint density at radius 3 is 2.81 bits per heavy atom. The minimum Gasteiger partial charge on any atom is -0.480 e. The van der Waals surface area contributed by atoms with Gasteiger partial charge in [-0.1, -0.05) is 5.16 Å². The first-order valence-electron chi connectivity index (χ1n) is 6.13. The average molecular weight is 287 g/mol. The van der Waals surface area contributed by atoms with E-state index in [1.807, 2.05) is 7.05 Å². The molecule has 0 aromatic carbocycles. The zero-order valence-corrected chi connectivity index (χ0v) is 11.5. The second-order valence-corrected chi connectivity index (χ2v) is 4.34. The molecule has 3 aromatic heterocycles. The van der Waals surface area contributed by atoms with Crippen molar-refractivity contribution >= 4 is 0 Å². The van der Waals surface area contributed by atoms with Crippen LogP contribution in [0, 0.1) is 0 Å². The Kier molecular flexibility index (Phi) is 3.32.